The number of carbonyl (C=O) groups is 2. The molecule has 5 unspecified atom stereocenters. The van der Waals surface area contributed by atoms with Crippen molar-refractivity contribution >= 4 is 11.9 Å². The van der Waals surface area contributed by atoms with Crippen molar-refractivity contribution in [3.8, 4) is 0 Å². The van der Waals surface area contributed by atoms with Crippen LogP contribution in [0.5, 0.6) is 0 Å². The highest BCUT2D eigenvalue weighted by Gasteiger charge is 2.65. The molecular formula is C39H64N2O4. The molecule has 6 aliphatic rings. The second kappa shape index (κ2) is 12.2. The summed E-state index contributed by atoms with van der Waals surface area (Å²) in [6.07, 6.45) is 18.1. The maximum Gasteiger partial charge on any atom is 0.302 e. The van der Waals surface area contributed by atoms with Gasteiger partial charge in [0.25, 0.3) is 0 Å². The summed E-state index contributed by atoms with van der Waals surface area (Å²) in [6.45, 7) is 21.4. The summed E-state index contributed by atoms with van der Waals surface area (Å²) in [4.78, 5) is 29.1. The molecule has 4 saturated carbocycles. The topological polar surface area (TPSA) is 67.9 Å². The Hall–Kier alpha value is -1.40. The summed E-state index contributed by atoms with van der Waals surface area (Å²) in [5.41, 5.74) is 0.309. The largest absolute Gasteiger partial charge is 0.462 e. The first-order valence-electron chi connectivity index (χ1n) is 18.7. The highest BCUT2D eigenvalue weighted by atomic mass is 16.5. The number of hydrogen-bond acceptors (Lipinski definition) is 5. The van der Waals surface area contributed by atoms with Gasteiger partial charge in [0.2, 0.25) is 5.91 Å². The van der Waals surface area contributed by atoms with Crippen molar-refractivity contribution in [3.05, 3.63) is 12.2 Å². The minimum Gasteiger partial charge on any atom is -0.462 e. The van der Waals surface area contributed by atoms with Crippen molar-refractivity contribution in [2.45, 2.75) is 138 Å². The molecule has 1 heterocycles. The van der Waals surface area contributed by atoms with Gasteiger partial charge in [0.15, 0.2) is 0 Å². The van der Waals surface area contributed by atoms with Crippen LogP contribution in [0.1, 0.15) is 126 Å². The van der Waals surface area contributed by atoms with Gasteiger partial charge in [0, 0.05) is 38.0 Å². The van der Waals surface area contributed by atoms with E-state index in [2.05, 4.69) is 63.9 Å². The number of amides is 1. The lowest BCUT2D eigenvalue weighted by Gasteiger charge is -2.67. The molecule has 1 amide bonds. The summed E-state index contributed by atoms with van der Waals surface area (Å²) in [5, 5.41) is 3.62. The Morgan fingerprint density at radius 3 is 2.36 bits per heavy atom. The van der Waals surface area contributed by atoms with E-state index in [4.69, 9.17) is 9.47 Å². The zero-order valence-corrected chi connectivity index (χ0v) is 29.7. The van der Waals surface area contributed by atoms with E-state index in [1.165, 1.54) is 38.5 Å². The highest BCUT2D eigenvalue weighted by Crippen LogP contribution is 2.71. The second-order valence-electron chi connectivity index (χ2n) is 18.1. The van der Waals surface area contributed by atoms with Crippen molar-refractivity contribution in [1.82, 2.24) is 10.2 Å². The van der Waals surface area contributed by atoms with Gasteiger partial charge in [0.1, 0.15) is 6.10 Å². The Morgan fingerprint density at radius 2 is 1.62 bits per heavy atom. The summed E-state index contributed by atoms with van der Waals surface area (Å²) in [5.74, 6) is 2.34. The summed E-state index contributed by atoms with van der Waals surface area (Å²) in [6, 6.07) is 0.161. The van der Waals surface area contributed by atoms with Crippen molar-refractivity contribution in [3.63, 3.8) is 0 Å². The zero-order chi connectivity index (χ0) is 32.3. The normalized spacial score (nSPS) is 44.4. The SMILES string of the molecule is CC(=O)O[C@H]1CC[C@@]2(C)C(CC[C@]3(C)C2CCC2CCC[C@]2(C(=O)NC2C=CC(CN4CCOCC4)C2)CCC3(C)C)C1(C)C. The predicted molar refractivity (Wildman–Crippen MR) is 179 cm³/mol. The average molecular weight is 625 g/mol. The van der Waals surface area contributed by atoms with Crippen LogP contribution in [0.15, 0.2) is 12.2 Å². The van der Waals surface area contributed by atoms with E-state index in [0.29, 0.717) is 29.6 Å². The Balaban J connectivity index is 1.20. The molecule has 1 saturated heterocycles. The van der Waals surface area contributed by atoms with Gasteiger partial charge in [-0.1, -0.05) is 60.1 Å². The van der Waals surface area contributed by atoms with Gasteiger partial charge < -0.3 is 14.8 Å². The number of fused-ring (bicyclic) bond motifs is 4. The quantitative estimate of drug-likeness (QED) is 0.253. The van der Waals surface area contributed by atoms with Gasteiger partial charge in [-0.25, -0.2) is 0 Å². The smallest absolute Gasteiger partial charge is 0.302 e. The van der Waals surface area contributed by atoms with Crippen molar-refractivity contribution in [2.24, 2.45) is 50.7 Å². The maximum absolute atomic E-state index is 14.5. The van der Waals surface area contributed by atoms with Crippen LogP contribution in [-0.2, 0) is 19.1 Å². The van der Waals surface area contributed by atoms with E-state index >= 15 is 0 Å². The molecule has 9 atom stereocenters. The number of carbonyl (C=O) groups excluding carboxylic acids is 2. The van der Waals surface area contributed by atoms with Gasteiger partial charge in [0.05, 0.1) is 18.6 Å². The second-order valence-corrected chi connectivity index (χ2v) is 18.1. The minimum absolute atomic E-state index is 0.00561. The molecule has 0 radical (unpaired) electrons. The number of nitrogens with one attached hydrogen (secondary N) is 1. The van der Waals surface area contributed by atoms with E-state index in [9.17, 15) is 9.59 Å². The van der Waals surface area contributed by atoms with E-state index < -0.39 is 0 Å². The molecule has 1 aliphatic heterocycles. The van der Waals surface area contributed by atoms with Gasteiger partial charge in [-0.2, -0.15) is 0 Å². The minimum atomic E-state index is -0.232. The van der Waals surface area contributed by atoms with Crippen LogP contribution in [0.25, 0.3) is 0 Å². The predicted octanol–water partition coefficient (Wildman–Crippen LogP) is 7.56. The van der Waals surface area contributed by atoms with Gasteiger partial charge in [-0.15, -0.1) is 0 Å². The van der Waals surface area contributed by atoms with Crippen LogP contribution in [-0.4, -0.2) is 61.8 Å². The fraction of sp³-hybridized carbons (Fsp3) is 0.897. The Kier molecular flexibility index (Phi) is 9.11. The van der Waals surface area contributed by atoms with E-state index in [0.717, 1.165) is 71.4 Å². The van der Waals surface area contributed by atoms with Gasteiger partial charge >= 0.3 is 5.97 Å². The van der Waals surface area contributed by atoms with Crippen LogP contribution in [0.4, 0.5) is 0 Å². The number of rotatable bonds is 5. The Bertz CT molecular complexity index is 1140. The lowest BCUT2D eigenvalue weighted by atomic mass is 9.38. The average Bonchev–Trinajstić information content (AvgIpc) is 3.60. The first-order valence-corrected chi connectivity index (χ1v) is 18.7. The summed E-state index contributed by atoms with van der Waals surface area (Å²) < 4.78 is 11.5. The van der Waals surface area contributed by atoms with Gasteiger partial charge in [-0.3, -0.25) is 14.5 Å². The molecule has 5 fully saturated rings. The summed E-state index contributed by atoms with van der Waals surface area (Å²) >= 11 is 0. The van der Waals surface area contributed by atoms with Crippen LogP contribution >= 0.6 is 0 Å². The van der Waals surface area contributed by atoms with Crippen molar-refractivity contribution in [2.75, 3.05) is 32.8 Å². The molecule has 254 valence electrons. The summed E-state index contributed by atoms with van der Waals surface area (Å²) in [7, 11) is 0. The Labute approximate surface area is 274 Å². The third-order valence-electron chi connectivity index (χ3n) is 15.3. The molecule has 5 aliphatic carbocycles. The lowest BCUT2D eigenvalue weighted by molar-refractivity contribution is -0.207. The van der Waals surface area contributed by atoms with Crippen LogP contribution in [0.3, 0.4) is 0 Å². The standard InChI is InChI=1S/C39H64N2O4/c1-27(42)45-33-15-17-37(6)31(36(33,4)5)14-18-38(7)32(37)13-11-29-9-8-16-39(29,20-19-35(38,2)3)34(43)40-30-12-10-28(25-30)26-41-21-23-44-24-22-41/h10,12,28-33H,8-9,11,13-26H2,1-7H3,(H,40,43)/t28?,29?,30?,31?,32?,33-,37-,38+,39-/m0/s1. The first-order chi connectivity index (χ1) is 21.2. The molecule has 45 heavy (non-hydrogen) atoms. The van der Waals surface area contributed by atoms with Crippen molar-refractivity contribution in [1.29, 1.82) is 0 Å². The number of ether oxygens (including phenoxy) is 2. The molecule has 0 aromatic carbocycles. The number of hydrogen-bond donors (Lipinski definition) is 1. The van der Waals surface area contributed by atoms with Crippen LogP contribution in [0.2, 0.25) is 0 Å². The van der Waals surface area contributed by atoms with E-state index in [1.54, 1.807) is 6.92 Å². The maximum atomic E-state index is 14.5. The Morgan fingerprint density at radius 1 is 0.867 bits per heavy atom. The molecule has 0 aromatic heterocycles. The molecule has 6 rings (SSSR count). The molecule has 6 heteroatoms. The highest BCUT2D eigenvalue weighted by molar-refractivity contribution is 5.84. The van der Waals surface area contributed by atoms with E-state index in [-0.39, 0.29) is 45.2 Å². The van der Waals surface area contributed by atoms with Crippen molar-refractivity contribution < 1.29 is 19.1 Å². The van der Waals surface area contributed by atoms with Crippen LogP contribution < -0.4 is 5.32 Å². The first kappa shape index (κ1) is 33.5. The molecule has 0 aromatic rings. The fourth-order valence-corrected chi connectivity index (χ4v) is 12.3. The number of esters is 1. The molecule has 1 N–H and O–H groups in total. The third-order valence-corrected chi connectivity index (χ3v) is 15.3. The zero-order valence-electron chi connectivity index (χ0n) is 29.7. The number of morpholine rings is 1. The van der Waals surface area contributed by atoms with Crippen LogP contribution in [0, 0.1) is 50.7 Å². The fourth-order valence-electron chi connectivity index (χ4n) is 12.3. The third kappa shape index (κ3) is 5.85. The molecular weight excluding hydrogens is 560 g/mol. The molecule has 6 nitrogen and oxygen atoms in total. The number of nitrogens with zero attached hydrogens (tertiary/aromatic N) is 1. The van der Waals surface area contributed by atoms with E-state index in [1.807, 2.05) is 0 Å². The lowest BCUT2D eigenvalue weighted by Crippen LogP contribution is -2.61. The molecule has 0 bridgehead atoms. The monoisotopic (exact) mass is 624 g/mol. The molecule has 0 spiro atoms. The van der Waals surface area contributed by atoms with Gasteiger partial charge in [-0.05, 0) is 111 Å².